The van der Waals surface area contributed by atoms with Gasteiger partial charge in [-0.15, -0.1) is 0 Å². The number of nitrogens with zero attached hydrogens (tertiary/aromatic N) is 1. The summed E-state index contributed by atoms with van der Waals surface area (Å²) in [5, 5.41) is 10.3. The third kappa shape index (κ3) is 4.71. The van der Waals surface area contributed by atoms with E-state index in [9.17, 15) is 13.5 Å². The molecule has 0 bridgehead atoms. The molecule has 0 aromatic carbocycles. The molecule has 1 aliphatic heterocycles. The number of likely N-dealkylation sites (tertiary alicyclic amines) is 1. The monoisotopic (exact) mass is 303 g/mol. The Morgan fingerprint density at radius 1 is 1.10 bits per heavy atom. The van der Waals surface area contributed by atoms with Crippen molar-refractivity contribution in [3.8, 4) is 0 Å². The minimum Gasteiger partial charge on any atom is -0.393 e. The highest BCUT2D eigenvalue weighted by Gasteiger charge is 2.35. The molecule has 4 nitrogen and oxygen atoms in total. The molecule has 1 saturated heterocycles. The average molecular weight is 303 g/mol. The summed E-state index contributed by atoms with van der Waals surface area (Å²) in [7, 11) is -2.85. The summed E-state index contributed by atoms with van der Waals surface area (Å²) in [5.41, 5.74) is 0. The van der Waals surface area contributed by atoms with Gasteiger partial charge < -0.3 is 5.11 Å². The standard InChI is InChI=1S/C15H29NO3S/c1-20(18,19)12-6-11-16-10-5-4-8-14(16)13-7-2-3-9-15(13)17/h13-15,17H,2-12H2,1H3. The van der Waals surface area contributed by atoms with Crippen molar-refractivity contribution in [3.63, 3.8) is 0 Å². The summed E-state index contributed by atoms with van der Waals surface area (Å²) < 4.78 is 22.5. The first-order valence-corrected chi connectivity index (χ1v) is 10.1. The van der Waals surface area contributed by atoms with Gasteiger partial charge in [-0.1, -0.05) is 19.3 Å². The van der Waals surface area contributed by atoms with Crippen molar-refractivity contribution in [2.24, 2.45) is 5.92 Å². The summed E-state index contributed by atoms with van der Waals surface area (Å²) in [6.45, 7) is 1.93. The summed E-state index contributed by atoms with van der Waals surface area (Å²) in [6, 6.07) is 0.471. The Morgan fingerprint density at radius 3 is 2.50 bits per heavy atom. The van der Waals surface area contributed by atoms with Crippen molar-refractivity contribution >= 4 is 9.84 Å². The second-order valence-electron chi connectivity index (χ2n) is 6.60. The Hall–Kier alpha value is -0.130. The van der Waals surface area contributed by atoms with Crippen molar-refractivity contribution in [1.82, 2.24) is 4.90 Å². The van der Waals surface area contributed by atoms with Crippen LogP contribution in [0.3, 0.4) is 0 Å². The van der Waals surface area contributed by atoms with Gasteiger partial charge in [0.25, 0.3) is 0 Å². The number of aliphatic hydroxyl groups excluding tert-OH is 1. The number of hydrogen-bond donors (Lipinski definition) is 1. The highest BCUT2D eigenvalue weighted by Crippen LogP contribution is 2.34. The van der Waals surface area contributed by atoms with Gasteiger partial charge in [0.1, 0.15) is 9.84 Å². The van der Waals surface area contributed by atoms with Gasteiger partial charge in [-0.3, -0.25) is 4.90 Å². The second kappa shape index (κ2) is 7.23. The number of hydrogen-bond acceptors (Lipinski definition) is 4. The Kier molecular flexibility index (Phi) is 5.87. The van der Waals surface area contributed by atoms with Crippen LogP contribution >= 0.6 is 0 Å². The molecular weight excluding hydrogens is 274 g/mol. The maximum Gasteiger partial charge on any atom is 0.147 e. The lowest BCUT2D eigenvalue weighted by Crippen LogP contribution is -2.49. The lowest BCUT2D eigenvalue weighted by molar-refractivity contribution is -0.00536. The molecule has 1 saturated carbocycles. The Balaban J connectivity index is 1.90. The number of sulfone groups is 1. The van der Waals surface area contributed by atoms with Crippen LogP contribution in [-0.2, 0) is 9.84 Å². The molecular formula is C15H29NO3S. The number of rotatable bonds is 5. The van der Waals surface area contributed by atoms with Gasteiger partial charge in [0.15, 0.2) is 0 Å². The molecule has 0 aromatic rings. The average Bonchev–Trinajstić information content (AvgIpc) is 2.39. The first kappa shape index (κ1) is 16.2. The first-order valence-electron chi connectivity index (χ1n) is 8.07. The minimum absolute atomic E-state index is 0.149. The van der Waals surface area contributed by atoms with E-state index >= 15 is 0 Å². The van der Waals surface area contributed by atoms with E-state index in [1.54, 1.807) is 0 Å². The summed E-state index contributed by atoms with van der Waals surface area (Å²) in [6.07, 6.45) is 9.96. The van der Waals surface area contributed by atoms with Crippen molar-refractivity contribution in [3.05, 3.63) is 0 Å². The zero-order valence-electron chi connectivity index (χ0n) is 12.6. The van der Waals surface area contributed by atoms with Gasteiger partial charge >= 0.3 is 0 Å². The maximum atomic E-state index is 11.2. The van der Waals surface area contributed by atoms with Crippen molar-refractivity contribution < 1.29 is 13.5 Å². The van der Waals surface area contributed by atoms with E-state index in [1.165, 1.54) is 31.9 Å². The Morgan fingerprint density at radius 2 is 1.80 bits per heavy atom. The molecule has 0 amide bonds. The quantitative estimate of drug-likeness (QED) is 0.842. The lowest BCUT2D eigenvalue weighted by atomic mass is 9.78. The highest BCUT2D eigenvalue weighted by molar-refractivity contribution is 7.90. The molecule has 2 rings (SSSR count). The van der Waals surface area contributed by atoms with Crippen LogP contribution in [0.15, 0.2) is 0 Å². The van der Waals surface area contributed by atoms with Crippen LogP contribution in [0.4, 0.5) is 0 Å². The van der Waals surface area contributed by atoms with Crippen molar-refractivity contribution in [1.29, 1.82) is 0 Å². The molecule has 0 aromatic heterocycles. The van der Waals surface area contributed by atoms with E-state index in [2.05, 4.69) is 4.90 Å². The van der Waals surface area contributed by atoms with Crippen LogP contribution in [-0.4, -0.2) is 55.7 Å². The Bertz CT molecular complexity index is 396. The Labute approximate surface area is 123 Å². The van der Waals surface area contributed by atoms with Crippen LogP contribution in [0.1, 0.15) is 51.4 Å². The summed E-state index contributed by atoms with van der Waals surface area (Å²) >= 11 is 0. The molecule has 0 spiro atoms. The van der Waals surface area contributed by atoms with Gasteiger partial charge in [-0.2, -0.15) is 0 Å². The minimum atomic E-state index is -2.85. The fraction of sp³-hybridized carbons (Fsp3) is 1.00. The SMILES string of the molecule is CS(=O)(=O)CCCN1CCCCC1C1CCCCC1O. The molecule has 3 atom stereocenters. The first-order chi connectivity index (χ1) is 9.47. The smallest absolute Gasteiger partial charge is 0.147 e. The lowest BCUT2D eigenvalue weighted by Gasteiger charge is -2.43. The molecule has 118 valence electrons. The van der Waals surface area contributed by atoms with Gasteiger partial charge in [0, 0.05) is 18.2 Å². The topological polar surface area (TPSA) is 57.6 Å². The van der Waals surface area contributed by atoms with E-state index in [0.29, 0.717) is 12.0 Å². The molecule has 1 aliphatic carbocycles. The number of piperidine rings is 1. The normalized spacial score (nSPS) is 33.2. The maximum absolute atomic E-state index is 11.2. The molecule has 2 fully saturated rings. The molecule has 1 heterocycles. The molecule has 20 heavy (non-hydrogen) atoms. The fourth-order valence-corrected chi connectivity index (χ4v) is 4.55. The van der Waals surface area contributed by atoms with Crippen LogP contribution in [0, 0.1) is 5.92 Å². The van der Waals surface area contributed by atoms with Crippen LogP contribution in [0.25, 0.3) is 0 Å². The summed E-state index contributed by atoms with van der Waals surface area (Å²) in [5.74, 6) is 0.686. The molecule has 0 radical (unpaired) electrons. The molecule has 5 heteroatoms. The highest BCUT2D eigenvalue weighted by atomic mass is 32.2. The zero-order chi connectivity index (χ0) is 14.6. The fourth-order valence-electron chi connectivity index (χ4n) is 3.90. The predicted octanol–water partition coefficient (Wildman–Crippen LogP) is 1.83. The van der Waals surface area contributed by atoms with Crippen LogP contribution < -0.4 is 0 Å². The van der Waals surface area contributed by atoms with Gasteiger partial charge in [0.2, 0.25) is 0 Å². The van der Waals surface area contributed by atoms with Gasteiger partial charge in [0.05, 0.1) is 11.9 Å². The van der Waals surface area contributed by atoms with E-state index in [-0.39, 0.29) is 11.9 Å². The number of aliphatic hydroxyl groups is 1. The van der Waals surface area contributed by atoms with Crippen LogP contribution in [0.5, 0.6) is 0 Å². The van der Waals surface area contributed by atoms with Gasteiger partial charge in [-0.05, 0) is 45.2 Å². The van der Waals surface area contributed by atoms with Crippen LogP contribution in [0.2, 0.25) is 0 Å². The summed E-state index contributed by atoms with van der Waals surface area (Å²) in [4.78, 5) is 2.45. The van der Waals surface area contributed by atoms with Crippen molar-refractivity contribution in [2.45, 2.75) is 63.5 Å². The van der Waals surface area contributed by atoms with Gasteiger partial charge in [-0.25, -0.2) is 8.42 Å². The van der Waals surface area contributed by atoms with E-state index in [4.69, 9.17) is 0 Å². The third-order valence-electron chi connectivity index (χ3n) is 4.90. The van der Waals surface area contributed by atoms with E-state index in [1.807, 2.05) is 0 Å². The second-order valence-corrected chi connectivity index (χ2v) is 8.86. The van der Waals surface area contributed by atoms with Crippen molar-refractivity contribution in [2.75, 3.05) is 25.1 Å². The third-order valence-corrected chi connectivity index (χ3v) is 5.93. The predicted molar refractivity (Wildman–Crippen MR) is 81.5 cm³/mol. The van der Waals surface area contributed by atoms with E-state index < -0.39 is 9.84 Å². The zero-order valence-corrected chi connectivity index (χ0v) is 13.4. The largest absolute Gasteiger partial charge is 0.393 e. The molecule has 3 unspecified atom stereocenters. The van der Waals surface area contributed by atoms with E-state index in [0.717, 1.165) is 38.8 Å². The molecule has 2 aliphatic rings. The molecule has 1 N–H and O–H groups in total.